The van der Waals surface area contributed by atoms with Gasteiger partial charge in [-0.05, 0) is 37.1 Å². The number of nitrogens with zero attached hydrogens (tertiary/aromatic N) is 1. The summed E-state index contributed by atoms with van der Waals surface area (Å²) in [6.07, 6.45) is 1.68. The quantitative estimate of drug-likeness (QED) is 0.706. The number of para-hydroxylation sites is 1. The number of benzene rings is 2. The summed E-state index contributed by atoms with van der Waals surface area (Å²) >= 11 is 0. The number of amides is 1. The minimum absolute atomic E-state index is 0.133. The molecule has 2 aromatic carbocycles. The Morgan fingerprint density at radius 2 is 1.67 bits per heavy atom. The zero-order valence-corrected chi connectivity index (χ0v) is 17.4. The number of hydrazine groups is 1. The van der Waals surface area contributed by atoms with Crippen LogP contribution in [-0.2, 0) is 14.8 Å². The number of carbonyl (C=O) groups is 1. The highest BCUT2D eigenvalue weighted by molar-refractivity contribution is 7.89. The summed E-state index contributed by atoms with van der Waals surface area (Å²) < 4.78 is 38.7. The van der Waals surface area contributed by atoms with Gasteiger partial charge in [0.1, 0.15) is 0 Å². The Hall–Kier alpha value is -2.78. The lowest BCUT2D eigenvalue weighted by molar-refractivity contribution is -0.125. The number of rotatable bonds is 5. The molecule has 2 aliphatic rings. The molecule has 8 nitrogen and oxygen atoms in total. The van der Waals surface area contributed by atoms with Gasteiger partial charge < -0.3 is 9.47 Å². The Labute approximate surface area is 176 Å². The van der Waals surface area contributed by atoms with Crippen LogP contribution < -0.4 is 20.3 Å². The van der Waals surface area contributed by atoms with E-state index in [-0.39, 0.29) is 16.7 Å². The van der Waals surface area contributed by atoms with E-state index in [9.17, 15) is 13.2 Å². The number of carbonyl (C=O) groups excluding carboxylic acids is 1. The molecule has 2 N–H and O–H groups in total. The second-order valence-electron chi connectivity index (χ2n) is 7.32. The van der Waals surface area contributed by atoms with Crippen molar-refractivity contribution in [2.45, 2.75) is 24.2 Å². The lowest BCUT2D eigenvalue weighted by Crippen LogP contribution is -2.44. The van der Waals surface area contributed by atoms with Crippen LogP contribution in [0.25, 0.3) is 0 Å². The standard InChI is InChI=1S/C21H25N3O5S/c25-21(23-22-17-5-2-1-3-6-17)16-9-11-24(12-10-16)30(26,27)18-7-8-19-20(15-18)29-14-4-13-28-19/h1-3,5-8,15-16,22H,4,9-14H2,(H,23,25). The van der Waals surface area contributed by atoms with Crippen molar-refractivity contribution >= 4 is 21.6 Å². The molecule has 9 heteroatoms. The zero-order chi connectivity index (χ0) is 21.0. The van der Waals surface area contributed by atoms with Crippen molar-refractivity contribution in [1.82, 2.24) is 9.73 Å². The van der Waals surface area contributed by atoms with Crippen molar-refractivity contribution in [2.75, 3.05) is 31.7 Å². The third kappa shape index (κ3) is 4.52. The second-order valence-corrected chi connectivity index (χ2v) is 9.26. The molecular weight excluding hydrogens is 406 g/mol. The van der Waals surface area contributed by atoms with E-state index in [1.807, 2.05) is 30.3 Å². The monoisotopic (exact) mass is 431 g/mol. The van der Waals surface area contributed by atoms with E-state index in [2.05, 4.69) is 10.9 Å². The van der Waals surface area contributed by atoms with Gasteiger partial charge in [-0.1, -0.05) is 18.2 Å². The van der Waals surface area contributed by atoms with Gasteiger partial charge in [0.15, 0.2) is 11.5 Å². The molecule has 2 aromatic rings. The van der Waals surface area contributed by atoms with E-state index < -0.39 is 10.0 Å². The largest absolute Gasteiger partial charge is 0.490 e. The van der Waals surface area contributed by atoms with Gasteiger partial charge in [-0.15, -0.1) is 0 Å². The maximum absolute atomic E-state index is 13.1. The minimum atomic E-state index is -3.66. The third-order valence-electron chi connectivity index (χ3n) is 5.29. The molecule has 0 atom stereocenters. The van der Waals surface area contributed by atoms with Crippen molar-refractivity contribution in [3.8, 4) is 11.5 Å². The lowest BCUT2D eigenvalue weighted by atomic mass is 9.98. The Morgan fingerprint density at radius 1 is 0.967 bits per heavy atom. The number of ether oxygens (including phenoxy) is 2. The van der Waals surface area contributed by atoms with Crippen LogP contribution in [0.15, 0.2) is 53.4 Å². The van der Waals surface area contributed by atoms with Crippen LogP contribution >= 0.6 is 0 Å². The summed E-state index contributed by atoms with van der Waals surface area (Å²) in [5.74, 6) is 0.644. The average molecular weight is 432 g/mol. The van der Waals surface area contributed by atoms with Gasteiger partial charge in [0, 0.05) is 31.5 Å². The molecule has 0 saturated carbocycles. The second kappa shape index (κ2) is 8.93. The average Bonchev–Trinajstić information content (AvgIpc) is 3.03. The molecule has 1 saturated heterocycles. The molecule has 4 rings (SSSR count). The molecule has 2 heterocycles. The number of hydrogen-bond acceptors (Lipinski definition) is 6. The lowest BCUT2D eigenvalue weighted by Gasteiger charge is -2.30. The molecule has 30 heavy (non-hydrogen) atoms. The highest BCUT2D eigenvalue weighted by Gasteiger charge is 2.32. The molecule has 1 fully saturated rings. The summed E-state index contributed by atoms with van der Waals surface area (Å²) in [5, 5.41) is 0. The van der Waals surface area contributed by atoms with E-state index in [0.29, 0.717) is 50.6 Å². The van der Waals surface area contributed by atoms with Gasteiger partial charge in [-0.3, -0.25) is 15.6 Å². The fourth-order valence-electron chi connectivity index (χ4n) is 3.57. The molecular formula is C21H25N3O5S. The summed E-state index contributed by atoms with van der Waals surface area (Å²) in [6.45, 7) is 1.63. The summed E-state index contributed by atoms with van der Waals surface area (Å²) in [7, 11) is -3.66. The molecule has 2 aliphatic heterocycles. The highest BCUT2D eigenvalue weighted by Crippen LogP contribution is 2.33. The third-order valence-corrected chi connectivity index (χ3v) is 7.18. The molecule has 0 bridgehead atoms. The van der Waals surface area contributed by atoms with Gasteiger partial charge in [0.05, 0.1) is 23.8 Å². The molecule has 0 radical (unpaired) electrons. The van der Waals surface area contributed by atoms with Crippen molar-refractivity contribution < 1.29 is 22.7 Å². The van der Waals surface area contributed by atoms with Crippen LogP contribution in [0.4, 0.5) is 5.69 Å². The Bertz CT molecular complexity index is 989. The molecule has 0 aliphatic carbocycles. The van der Waals surface area contributed by atoms with Gasteiger partial charge in [-0.2, -0.15) is 4.31 Å². The maximum atomic E-state index is 13.1. The summed E-state index contributed by atoms with van der Waals surface area (Å²) in [4.78, 5) is 12.6. The first-order valence-electron chi connectivity index (χ1n) is 10.0. The topological polar surface area (TPSA) is 97.0 Å². The van der Waals surface area contributed by atoms with Crippen molar-refractivity contribution in [3.05, 3.63) is 48.5 Å². The summed E-state index contributed by atoms with van der Waals surface area (Å²) in [5.41, 5.74) is 6.38. The number of sulfonamides is 1. The first-order valence-corrected chi connectivity index (χ1v) is 11.5. The Kier molecular flexibility index (Phi) is 6.10. The van der Waals surface area contributed by atoms with Crippen molar-refractivity contribution in [1.29, 1.82) is 0 Å². The van der Waals surface area contributed by atoms with Crippen LogP contribution in [0.5, 0.6) is 11.5 Å². The number of nitrogens with one attached hydrogen (secondary N) is 2. The van der Waals surface area contributed by atoms with Gasteiger partial charge in [-0.25, -0.2) is 8.42 Å². The Balaban J connectivity index is 1.36. The van der Waals surface area contributed by atoms with E-state index in [4.69, 9.17) is 9.47 Å². The van der Waals surface area contributed by atoms with E-state index >= 15 is 0 Å². The Morgan fingerprint density at radius 3 is 2.40 bits per heavy atom. The van der Waals surface area contributed by atoms with Gasteiger partial charge in [0.2, 0.25) is 15.9 Å². The molecule has 0 spiro atoms. The normalized spacial score (nSPS) is 17.7. The van der Waals surface area contributed by atoms with Crippen molar-refractivity contribution in [2.24, 2.45) is 5.92 Å². The number of piperidine rings is 1. The molecule has 0 unspecified atom stereocenters. The minimum Gasteiger partial charge on any atom is -0.490 e. The predicted octanol–water partition coefficient (Wildman–Crippen LogP) is 2.39. The highest BCUT2D eigenvalue weighted by atomic mass is 32.2. The van der Waals surface area contributed by atoms with Crippen LogP contribution in [0.3, 0.4) is 0 Å². The molecule has 160 valence electrons. The van der Waals surface area contributed by atoms with E-state index in [1.54, 1.807) is 12.1 Å². The number of hydrogen-bond donors (Lipinski definition) is 2. The first-order chi connectivity index (χ1) is 14.5. The van der Waals surface area contributed by atoms with E-state index in [1.165, 1.54) is 10.4 Å². The van der Waals surface area contributed by atoms with Gasteiger partial charge >= 0.3 is 0 Å². The van der Waals surface area contributed by atoms with Crippen molar-refractivity contribution in [3.63, 3.8) is 0 Å². The van der Waals surface area contributed by atoms with Crippen LogP contribution in [0.2, 0.25) is 0 Å². The smallest absolute Gasteiger partial charge is 0.243 e. The molecule has 1 amide bonds. The number of fused-ring (bicyclic) bond motifs is 1. The fraction of sp³-hybridized carbons (Fsp3) is 0.381. The van der Waals surface area contributed by atoms with E-state index in [0.717, 1.165) is 12.1 Å². The SMILES string of the molecule is O=C(NNc1ccccc1)C1CCN(S(=O)(=O)c2ccc3c(c2)OCCCO3)CC1. The maximum Gasteiger partial charge on any atom is 0.243 e. The molecule has 0 aromatic heterocycles. The summed E-state index contributed by atoms with van der Waals surface area (Å²) in [6, 6.07) is 14.1. The van der Waals surface area contributed by atoms with Crippen LogP contribution in [-0.4, -0.2) is 44.9 Å². The zero-order valence-electron chi connectivity index (χ0n) is 16.5. The number of anilines is 1. The van der Waals surface area contributed by atoms with Crippen LogP contribution in [0.1, 0.15) is 19.3 Å². The predicted molar refractivity (Wildman–Crippen MR) is 112 cm³/mol. The van der Waals surface area contributed by atoms with Gasteiger partial charge in [0.25, 0.3) is 0 Å². The first kappa shape index (κ1) is 20.5. The van der Waals surface area contributed by atoms with Crippen LogP contribution in [0, 0.1) is 5.92 Å². The fourth-order valence-corrected chi connectivity index (χ4v) is 5.05.